The van der Waals surface area contributed by atoms with Gasteiger partial charge in [0.05, 0.1) is 23.3 Å². The van der Waals surface area contributed by atoms with Crippen LogP contribution in [0.1, 0.15) is 12.8 Å². The fraction of sp³-hybridized carbons (Fsp3) is 0.348. The van der Waals surface area contributed by atoms with Gasteiger partial charge < -0.3 is 19.6 Å². The Morgan fingerprint density at radius 1 is 1.21 bits per heavy atom. The van der Waals surface area contributed by atoms with E-state index in [9.17, 15) is 5.11 Å². The van der Waals surface area contributed by atoms with Gasteiger partial charge in [-0.3, -0.25) is 4.98 Å². The summed E-state index contributed by atoms with van der Waals surface area (Å²) in [6.07, 6.45) is 4.02. The third-order valence-electron chi connectivity index (χ3n) is 5.83. The lowest BCUT2D eigenvalue weighted by Gasteiger charge is -2.36. The maximum atomic E-state index is 10.0. The van der Waals surface area contributed by atoms with Crippen molar-refractivity contribution in [1.82, 2.24) is 9.88 Å². The molecular weight excluding hydrogens is 386 g/mol. The second-order valence-corrected chi connectivity index (χ2v) is 8.04. The van der Waals surface area contributed by atoms with Gasteiger partial charge in [0.25, 0.3) is 0 Å². The number of pyridine rings is 1. The Labute approximate surface area is 176 Å². The monoisotopic (exact) mass is 410 g/mol. The molecule has 1 aromatic heterocycles. The lowest BCUT2D eigenvalue weighted by Crippen LogP contribution is -2.42. The van der Waals surface area contributed by atoms with E-state index >= 15 is 0 Å². The van der Waals surface area contributed by atoms with Gasteiger partial charge in [-0.15, -0.1) is 0 Å². The van der Waals surface area contributed by atoms with Crippen molar-refractivity contribution in [2.45, 2.75) is 18.9 Å². The molecule has 4 rings (SSSR count). The fourth-order valence-electron chi connectivity index (χ4n) is 4.01. The molecule has 29 heavy (non-hydrogen) atoms. The summed E-state index contributed by atoms with van der Waals surface area (Å²) in [5.74, 6) is 0.311. The Balaban J connectivity index is 1.76. The minimum absolute atomic E-state index is 0.0450. The van der Waals surface area contributed by atoms with Gasteiger partial charge in [0, 0.05) is 30.7 Å². The maximum Gasteiger partial charge on any atom is 0.176 e. The van der Waals surface area contributed by atoms with Gasteiger partial charge >= 0.3 is 0 Å². The highest BCUT2D eigenvalue weighted by Crippen LogP contribution is 2.39. The van der Waals surface area contributed by atoms with Crippen LogP contribution in [-0.2, 0) is 0 Å². The van der Waals surface area contributed by atoms with Crippen molar-refractivity contribution in [3.05, 3.63) is 47.6 Å². The summed E-state index contributed by atoms with van der Waals surface area (Å²) in [6, 6.07) is 13.5. The summed E-state index contributed by atoms with van der Waals surface area (Å²) in [6.45, 7) is 2.21. The molecule has 1 aliphatic rings. The van der Waals surface area contributed by atoms with Crippen LogP contribution < -0.4 is 9.64 Å². The number of benzene rings is 2. The number of ether oxygens (including phenoxy) is 1. The van der Waals surface area contributed by atoms with Gasteiger partial charge in [-0.25, -0.2) is 0 Å². The first kappa shape index (κ1) is 19.8. The standard InChI is InChI=1S/C23H25ClN3O2/c1-26-10-7-17(8-11-26)27(2)21-6-9-25-20-5-4-15(12-18(20)21)16-13-19(24)23(28)22(14-16)29-3/h4-5,9,12-14,17,28H,7-8,10-11H2,1-3H3. The van der Waals surface area contributed by atoms with Gasteiger partial charge in [0.15, 0.2) is 11.5 Å². The van der Waals surface area contributed by atoms with Gasteiger partial charge in [-0.05, 0) is 68.4 Å². The number of aromatic hydroxyl groups is 1. The van der Waals surface area contributed by atoms with Gasteiger partial charge in [-0.2, -0.15) is 0 Å². The first-order valence-corrected chi connectivity index (χ1v) is 10.1. The minimum atomic E-state index is -0.0450. The molecule has 5 nitrogen and oxygen atoms in total. The highest BCUT2D eigenvalue weighted by Gasteiger charge is 2.22. The summed E-state index contributed by atoms with van der Waals surface area (Å²) in [7, 11) is 5.84. The van der Waals surface area contributed by atoms with Gasteiger partial charge in [0.2, 0.25) is 0 Å². The number of methoxy groups -OCH3 is 1. The number of anilines is 1. The van der Waals surface area contributed by atoms with Crippen LogP contribution in [0.15, 0.2) is 36.5 Å². The summed E-state index contributed by atoms with van der Waals surface area (Å²) >= 11 is 6.20. The lowest BCUT2D eigenvalue weighted by atomic mass is 10.00. The zero-order chi connectivity index (χ0) is 20.5. The third kappa shape index (κ3) is 3.85. The van der Waals surface area contributed by atoms with Crippen molar-refractivity contribution in [3.63, 3.8) is 0 Å². The molecule has 0 unspecified atom stereocenters. The highest BCUT2D eigenvalue weighted by atomic mass is 35.5. The first-order chi connectivity index (χ1) is 14.0. The SMILES string of the molecule is COc1cc(-c2ccc3nc[c]c(N(C)C4CCN(C)CC4)c3c2)cc(Cl)c1O. The summed E-state index contributed by atoms with van der Waals surface area (Å²) in [5, 5.41) is 11.4. The Morgan fingerprint density at radius 3 is 2.69 bits per heavy atom. The fourth-order valence-corrected chi connectivity index (χ4v) is 4.22. The van der Waals surface area contributed by atoms with Gasteiger partial charge in [0.1, 0.15) is 0 Å². The molecule has 1 aliphatic heterocycles. The molecule has 0 spiro atoms. The molecule has 151 valence electrons. The zero-order valence-electron chi connectivity index (χ0n) is 16.9. The van der Waals surface area contributed by atoms with Crippen LogP contribution in [0.4, 0.5) is 5.69 Å². The Hall–Kier alpha value is -2.50. The van der Waals surface area contributed by atoms with Crippen molar-refractivity contribution in [2.24, 2.45) is 0 Å². The largest absolute Gasteiger partial charge is 0.503 e. The molecule has 1 N–H and O–H groups in total. The second-order valence-electron chi connectivity index (χ2n) is 7.64. The molecule has 2 heterocycles. The molecule has 0 atom stereocenters. The van der Waals surface area contributed by atoms with Crippen molar-refractivity contribution in [2.75, 3.05) is 39.2 Å². The van der Waals surface area contributed by atoms with Gasteiger partial charge in [-0.1, -0.05) is 17.7 Å². The number of phenolic OH excluding ortho intramolecular Hbond substituents is 1. The van der Waals surface area contributed by atoms with Crippen molar-refractivity contribution in [3.8, 4) is 22.6 Å². The quantitative estimate of drug-likeness (QED) is 0.681. The maximum absolute atomic E-state index is 10.0. The predicted octanol–water partition coefficient (Wildman–Crippen LogP) is 4.60. The van der Waals surface area contributed by atoms with Crippen LogP contribution in [0.3, 0.4) is 0 Å². The zero-order valence-corrected chi connectivity index (χ0v) is 17.7. The van der Waals surface area contributed by atoms with Crippen LogP contribution >= 0.6 is 11.6 Å². The molecule has 1 saturated heterocycles. The van der Waals surface area contributed by atoms with E-state index in [2.05, 4.69) is 41.0 Å². The topological polar surface area (TPSA) is 48.8 Å². The Morgan fingerprint density at radius 2 is 1.97 bits per heavy atom. The third-order valence-corrected chi connectivity index (χ3v) is 6.11. The number of halogens is 1. The second kappa shape index (κ2) is 8.09. The average Bonchev–Trinajstić information content (AvgIpc) is 2.74. The predicted molar refractivity (Wildman–Crippen MR) is 118 cm³/mol. The van der Waals surface area contributed by atoms with Crippen LogP contribution in [0.25, 0.3) is 22.0 Å². The van der Waals surface area contributed by atoms with Crippen LogP contribution in [0, 0.1) is 6.07 Å². The molecule has 3 aromatic rings. The molecule has 6 heteroatoms. The summed E-state index contributed by atoms with van der Waals surface area (Å²) in [4.78, 5) is 9.21. The van der Waals surface area contributed by atoms with Crippen LogP contribution in [0.2, 0.25) is 5.02 Å². The number of piperidine rings is 1. The molecule has 0 aliphatic carbocycles. The van der Waals surface area contributed by atoms with E-state index in [0.29, 0.717) is 11.8 Å². The number of likely N-dealkylation sites (tertiary alicyclic amines) is 1. The normalized spacial score (nSPS) is 15.6. The number of rotatable bonds is 4. The number of hydrogen-bond donors (Lipinski definition) is 1. The van der Waals surface area contributed by atoms with Crippen LogP contribution in [-0.4, -0.2) is 55.3 Å². The van der Waals surface area contributed by atoms with Crippen molar-refractivity contribution >= 4 is 28.2 Å². The van der Waals surface area contributed by atoms with E-state index < -0.39 is 0 Å². The van der Waals surface area contributed by atoms with E-state index in [0.717, 1.165) is 53.6 Å². The molecule has 1 radical (unpaired) electrons. The van der Waals surface area contributed by atoms with E-state index in [-0.39, 0.29) is 10.8 Å². The highest BCUT2D eigenvalue weighted by molar-refractivity contribution is 6.32. The lowest BCUT2D eigenvalue weighted by molar-refractivity contribution is 0.253. The summed E-state index contributed by atoms with van der Waals surface area (Å²) < 4.78 is 5.26. The number of phenols is 1. The molecule has 2 aromatic carbocycles. The number of nitrogens with zero attached hydrogens (tertiary/aromatic N) is 3. The Bertz CT molecular complexity index is 1030. The first-order valence-electron chi connectivity index (χ1n) is 9.76. The van der Waals surface area contributed by atoms with E-state index in [1.54, 1.807) is 18.3 Å². The average molecular weight is 411 g/mol. The molecule has 0 bridgehead atoms. The molecular formula is C23H25ClN3O2. The smallest absolute Gasteiger partial charge is 0.176 e. The molecule has 0 saturated carbocycles. The van der Waals surface area contributed by atoms with E-state index in [1.165, 1.54) is 7.11 Å². The number of fused-ring (bicyclic) bond motifs is 1. The molecule has 0 amide bonds. The van der Waals surface area contributed by atoms with Crippen molar-refractivity contribution in [1.29, 1.82) is 0 Å². The van der Waals surface area contributed by atoms with E-state index in [4.69, 9.17) is 16.3 Å². The minimum Gasteiger partial charge on any atom is -0.503 e. The number of hydrogen-bond acceptors (Lipinski definition) is 5. The number of aromatic nitrogens is 1. The van der Waals surface area contributed by atoms with Crippen molar-refractivity contribution < 1.29 is 9.84 Å². The summed E-state index contributed by atoms with van der Waals surface area (Å²) in [5.41, 5.74) is 3.85. The molecule has 1 fully saturated rings. The van der Waals surface area contributed by atoms with E-state index in [1.807, 2.05) is 12.1 Å². The van der Waals surface area contributed by atoms with Crippen LogP contribution in [0.5, 0.6) is 11.5 Å². The Kier molecular flexibility index (Phi) is 5.52.